The highest BCUT2D eigenvalue weighted by Crippen LogP contribution is 2.31. The number of nitrogens with zero attached hydrogens (tertiary/aromatic N) is 1. The minimum absolute atomic E-state index is 0.175. The lowest BCUT2D eigenvalue weighted by molar-refractivity contribution is 0.0696. The van der Waals surface area contributed by atoms with Gasteiger partial charge in [0.15, 0.2) is 0 Å². The maximum absolute atomic E-state index is 10.7. The van der Waals surface area contributed by atoms with Gasteiger partial charge in [0.1, 0.15) is 5.03 Å². The van der Waals surface area contributed by atoms with Gasteiger partial charge in [-0.1, -0.05) is 35.5 Å². The van der Waals surface area contributed by atoms with E-state index in [1.54, 1.807) is 12.1 Å². The number of carboxylic acid groups (broad SMARTS) is 1. The minimum atomic E-state index is -0.980. The molecule has 0 aliphatic heterocycles. The molecule has 0 aliphatic carbocycles. The predicted octanol–water partition coefficient (Wildman–Crippen LogP) is 3.58. The van der Waals surface area contributed by atoms with Crippen molar-refractivity contribution in [2.45, 2.75) is 9.92 Å². The summed E-state index contributed by atoms with van der Waals surface area (Å²) in [7, 11) is 0. The van der Waals surface area contributed by atoms with E-state index in [1.807, 2.05) is 18.2 Å². The van der Waals surface area contributed by atoms with Crippen LogP contribution in [0.25, 0.3) is 0 Å². The zero-order chi connectivity index (χ0) is 12.3. The molecule has 0 saturated heterocycles. The lowest BCUT2D eigenvalue weighted by Crippen LogP contribution is -1.96. The van der Waals surface area contributed by atoms with Gasteiger partial charge in [-0.2, -0.15) is 0 Å². The van der Waals surface area contributed by atoms with Crippen LogP contribution in [-0.4, -0.2) is 16.1 Å². The molecular weight excluding hydrogens is 258 g/mol. The summed E-state index contributed by atoms with van der Waals surface area (Å²) in [6.45, 7) is 0. The number of aromatic carboxylic acids is 1. The third kappa shape index (κ3) is 2.99. The van der Waals surface area contributed by atoms with Crippen LogP contribution in [0.15, 0.2) is 52.5 Å². The number of rotatable bonds is 3. The first-order chi connectivity index (χ1) is 8.16. The van der Waals surface area contributed by atoms with E-state index in [0.29, 0.717) is 10.0 Å². The van der Waals surface area contributed by atoms with E-state index in [-0.39, 0.29) is 5.56 Å². The Bertz CT molecular complexity index is 542. The first kappa shape index (κ1) is 12.0. The average molecular weight is 266 g/mol. The zero-order valence-electron chi connectivity index (χ0n) is 8.63. The molecule has 0 bridgehead atoms. The van der Waals surface area contributed by atoms with Gasteiger partial charge in [0.2, 0.25) is 0 Å². The summed E-state index contributed by atoms with van der Waals surface area (Å²) in [5, 5.41) is 10.1. The van der Waals surface area contributed by atoms with Crippen LogP contribution in [0.2, 0.25) is 5.02 Å². The van der Waals surface area contributed by atoms with E-state index in [9.17, 15) is 4.79 Å². The largest absolute Gasteiger partial charge is 0.478 e. The van der Waals surface area contributed by atoms with Gasteiger partial charge in [0.05, 0.1) is 10.6 Å². The molecule has 0 saturated carbocycles. The van der Waals surface area contributed by atoms with Gasteiger partial charge in [0, 0.05) is 11.1 Å². The van der Waals surface area contributed by atoms with Crippen LogP contribution in [0, 0.1) is 0 Å². The molecule has 1 aromatic carbocycles. The van der Waals surface area contributed by atoms with E-state index in [0.717, 1.165) is 4.90 Å². The third-order valence-corrected chi connectivity index (χ3v) is 3.50. The van der Waals surface area contributed by atoms with Crippen LogP contribution >= 0.6 is 23.4 Å². The lowest BCUT2D eigenvalue weighted by Gasteiger charge is -2.03. The molecule has 0 fully saturated rings. The van der Waals surface area contributed by atoms with Crippen molar-refractivity contribution in [1.82, 2.24) is 4.98 Å². The molecule has 0 unspecified atom stereocenters. The molecule has 0 atom stereocenters. The lowest BCUT2D eigenvalue weighted by atomic mass is 10.3. The highest BCUT2D eigenvalue weighted by molar-refractivity contribution is 7.99. The molecule has 17 heavy (non-hydrogen) atoms. The maximum Gasteiger partial charge on any atom is 0.337 e. The van der Waals surface area contributed by atoms with Crippen molar-refractivity contribution in [3.63, 3.8) is 0 Å². The smallest absolute Gasteiger partial charge is 0.337 e. The molecule has 5 heteroatoms. The number of pyridine rings is 1. The number of hydrogen-bond acceptors (Lipinski definition) is 3. The SMILES string of the molecule is O=C(O)c1ccc(Sc2ccccc2Cl)nc1. The van der Waals surface area contributed by atoms with E-state index in [4.69, 9.17) is 16.7 Å². The van der Waals surface area contributed by atoms with Crippen LogP contribution in [0.3, 0.4) is 0 Å². The molecule has 2 aromatic rings. The fourth-order valence-corrected chi connectivity index (χ4v) is 2.24. The molecule has 0 aliphatic rings. The van der Waals surface area contributed by atoms with E-state index < -0.39 is 5.97 Å². The van der Waals surface area contributed by atoms with Gasteiger partial charge in [0.25, 0.3) is 0 Å². The first-order valence-corrected chi connectivity index (χ1v) is 5.98. The second-order valence-electron chi connectivity index (χ2n) is 3.22. The van der Waals surface area contributed by atoms with Crippen molar-refractivity contribution in [2.24, 2.45) is 0 Å². The standard InChI is InChI=1S/C12H8ClNO2S/c13-9-3-1-2-4-10(9)17-11-6-5-8(7-14-11)12(15)16/h1-7H,(H,15,16). The molecular formula is C12H8ClNO2S. The van der Waals surface area contributed by atoms with Gasteiger partial charge in [-0.05, 0) is 24.3 Å². The van der Waals surface area contributed by atoms with Crippen LogP contribution in [0.4, 0.5) is 0 Å². The Morgan fingerprint density at radius 3 is 2.59 bits per heavy atom. The molecule has 1 heterocycles. The van der Waals surface area contributed by atoms with Crippen molar-refractivity contribution in [3.05, 3.63) is 53.2 Å². The maximum atomic E-state index is 10.7. The Kier molecular flexibility index (Phi) is 3.66. The van der Waals surface area contributed by atoms with Gasteiger partial charge in [-0.25, -0.2) is 9.78 Å². The fraction of sp³-hybridized carbons (Fsp3) is 0. The Morgan fingerprint density at radius 2 is 2.00 bits per heavy atom. The molecule has 86 valence electrons. The third-order valence-electron chi connectivity index (χ3n) is 2.03. The summed E-state index contributed by atoms with van der Waals surface area (Å²) >= 11 is 7.41. The quantitative estimate of drug-likeness (QED) is 0.921. The molecule has 0 radical (unpaired) electrons. The Hall–Kier alpha value is -1.52. The van der Waals surface area contributed by atoms with Crippen molar-refractivity contribution in [1.29, 1.82) is 0 Å². The fourth-order valence-electron chi connectivity index (χ4n) is 1.21. The van der Waals surface area contributed by atoms with Crippen molar-refractivity contribution in [2.75, 3.05) is 0 Å². The topological polar surface area (TPSA) is 50.2 Å². The van der Waals surface area contributed by atoms with Crippen LogP contribution in [0.5, 0.6) is 0 Å². The number of hydrogen-bond donors (Lipinski definition) is 1. The second kappa shape index (κ2) is 5.21. The highest BCUT2D eigenvalue weighted by atomic mass is 35.5. The molecule has 0 amide bonds. The van der Waals surface area contributed by atoms with Gasteiger partial charge < -0.3 is 5.11 Å². The van der Waals surface area contributed by atoms with Crippen LogP contribution in [0.1, 0.15) is 10.4 Å². The van der Waals surface area contributed by atoms with E-state index >= 15 is 0 Å². The monoisotopic (exact) mass is 265 g/mol. The van der Waals surface area contributed by atoms with Gasteiger partial charge in [-0.3, -0.25) is 0 Å². The molecule has 0 spiro atoms. The number of carboxylic acids is 1. The second-order valence-corrected chi connectivity index (χ2v) is 4.69. The number of carbonyl (C=O) groups is 1. The Balaban J connectivity index is 2.20. The predicted molar refractivity (Wildman–Crippen MR) is 66.8 cm³/mol. The molecule has 2 rings (SSSR count). The zero-order valence-corrected chi connectivity index (χ0v) is 10.2. The average Bonchev–Trinajstić information content (AvgIpc) is 2.33. The summed E-state index contributed by atoms with van der Waals surface area (Å²) in [6.07, 6.45) is 1.33. The molecule has 3 nitrogen and oxygen atoms in total. The van der Waals surface area contributed by atoms with Crippen LogP contribution < -0.4 is 0 Å². The Labute approximate surface area is 107 Å². The normalized spacial score (nSPS) is 10.2. The highest BCUT2D eigenvalue weighted by Gasteiger charge is 2.05. The van der Waals surface area contributed by atoms with Crippen LogP contribution in [-0.2, 0) is 0 Å². The minimum Gasteiger partial charge on any atom is -0.478 e. The molecule has 1 aromatic heterocycles. The van der Waals surface area contributed by atoms with Gasteiger partial charge >= 0.3 is 5.97 Å². The number of aromatic nitrogens is 1. The molecule has 1 N–H and O–H groups in total. The van der Waals surface area contributed by atoms with Crippen molar-refractivity contribution >= 4 is 29.3 Å². The summed E-state index contributed by atoms with van der Waals surface area (Å²) in [5.74, 6) is -0.980. The number of benzene rings is 1. The van der Waals surface area contributed by atoms with E-state index in [2.05, 4.69) is 4.98 Å². The summed E-state index contributed by atoms with van der Waals surface area (Å²) < 4.78 is 0. The Morgan fingerprint density at radius 1 is 1.24 bits per heavy atom. The number of halogens is 1. The van der Waals surface area contributed by atoms with Crippen molar-refractivity contribution < 1.29 is 9.90 Å². The van der Waals surface area contributed by atoms with Gasteiger partial charge in [-0.15, -0.1) is 0 Å². The van der Waals surface area contributed by atoms with Crippen molar-refractivity contribution in [3.8, 4) is 0 Å². The summed E-state index contributed by atoms with van der Waals surface area (Å²) in [6, 6.07) is 10.6. The summed E-state index contributed by atoms with van der Waals surface area (Å²) in [5.41, 5.74) is 0.175. The first-order valence-electron chi connectivity index (χ1n) is 4.78. The van der Waals surface area contributed by atoms with E-state index in [1.165, 1.54) is 24.0 Å². The summed E-state index contributed by atoms with van der Waals surface area (Å²) in [4.78, 5) is 15.6.